The topological polar surface area (TPSA) is 110 Å². The van der Waals surface area contributed by atoms with Gasteiger partial charge in [0.2, 0.25) is 0 Å². The number of hydrogen-bond donors (Lipinski definition) is 2. The first-order valence-electron chi connectivity index (χ1n) is 11.7. The molecule has 1 atom stereocenters. The molecule has 1 aliphatic carbocycles. The molecule has 0 saturated heterocycles. The lowest BCUT2D eigenvalue weighted by atomic mass is 10.0. The number of nitrogens with two attached hydrogens (primary N) is 1. The van der Waals surface area contributed by atoms with Crippen LogP contribution in [0.25, 0.3) is 0 Å². The van der Waals surface area contributed by atoms with Crippen LogP contribution in [-0.4, -0.2) is 19.3 Å². The van der Waals surface area contributed by atoms with E-state index < -0.39 is 18.8 Å². The van der Waals surface area contributed by atoms with Crippen molar-refractivity contribution in [2.45, 2.75) is 38.5 Å². The number of anilines is 1. The number of aromatic nitrogens is 1. The summed E-state index contributed by atoms with van der Waals surface area (Å²) < 4.78 is 42.5. The Bertz CT molecular complexity index is 1250. The van der Waals surface area contributed by atoms with Gasteiger partial charge in [-0.15, -0.1) is 0 Å². The third-order valence-corrected chi connectivity index (χ3v) is 6.49. The highest BCUT2D eigenvalue weighted by molar-refractivity contribution is 6.35. The first-order valence-corrected chi connectivity index (χ1v) is 12.5. The van der Waals surface area contributed by atoms with Crippen LogP contribution in [0.3, 0.4) is 0 Å². The molecule has 202 valence electrons. The zero-order chi connectivity index (χ0) is 27.2. The number of benzene rings is 2. The maximum absolute atomic E-state index is 13.0. The number of carbonyl (C=O) groups is 1. The Morgan fingerprint density at radius 2 is 1.79 bits per heavy atom. The van der Waals surface area contributed by atoms with Crippen LogP contribution in [0.1, 0.15) is 35.6 Å². The number of amides is 1. The molecule has 0 radical (unpaired) electrons. The highest BCUT2D eigenvalue weighted by atomic mass is 35.5. The number of nitrogens with one attached hydrogen (secondary N) is 1. The van der Waals surface area contributed by atoms with E-state index in [9.17, 15) is 18.8 Å². The third kappa shape index (κ3) is 7.75. The standard InChI is InChI=1S/C26H25Cl2F2N3O5/c27-20-12-33(35)13-21(28)19(20)10-23(38-26(34)32-11-15-3-6-18(31)7-4-15)17-5-8-22(37-25(29)30)24(9-17)36-14-16-1-2-16/h3-9,12-13,16,23,25H,1-2,10-11,14,31H2,(H,32,34). The van der Waals surface area contributed by atoms with Crippen LogP contribution >= 0.6 is 23.2 Å². The maximum atomic E-state index is 13.0. The summed E-state index contributed by atoms with van der Waals surface area (Å²) in [6.07, 6.45) is 2.52. The van der Waals surface area contributed by atoms with Gasteiger partial charge in [-0.1, -0.05) is 41.4 Å². The number of carbonyl (C=O) groups excluding carboxylic acids is 1. The molecule has 3 N–H and O–H groups in total. The SMILES string of the molecule is Nc1ccc(CNC(=O)OC(Cc2c(Cl)c[n+]([O-])cc2Cl)c2ccc(OC(F)F)c(OCC3CC3)c2)cc1. The summed E-state index contributed by atoms with van der Waals surface area (Å²) in [5.41, 5.74) is 7.87. The average Bonchev–Trinajstić information content (AvgIpc) is 3.69. The van der Waals surface area contributed by atoms with Gasteiger partial charge >= 0.3 is 12.7 Å². The number of alkyl halides is 2. The van der Waals surface area contributed by atoms with Crippen molar-refractivity contribution >= 4 is 35.0 Å². The minimum absolute atomic E-state index is 0.00901. The molecule has 1 fully saturated rings. The summed E-state index contributed by atoms with van der Waals surface area (Å²) in [7, 11) is 0. The molecule has 3 aromatic rings. The second kappa shape index (κ2) is 12.4. The second-order valence-corrected chi connectivity index (χ2v) is 9.64. The summed E-state index contributed by atoms with van der Waals surface area (Å²) in [5.74, 6) is 0.303. The van der Waals surface area contributed by atoms with E-state index in [-0.39, 0.29) is 34.5 Å². The van der Waals surface area contributed by atoms with Crippen LogP contribution < -0.4 is 25.3 Å². The van der Waals surface area contributed by atoms with Gasteiger partial charge in [0.1, 0.15) is 16.1 Å². The number of ether oxygens (including phenoxy) is 3. The normalized spacial score (nSPS) is 13.7. The van der Waals surface area contributed by atoms with Gasteiger partial charge in [-0.3, -0.25) is 0 Å². The minimum Gasteiger partial charge on any atom is -0.619 e. The Morgan fingerprint density at radius 1 is 1.11 bits per heavy atom. The van der Waals surface area contributed by atoms with Gasteiger partial charge < -0.3 is 30.5 Å². The van der Waals surface area contributed by atoms with Crippen molar-refractivity contribution in [2.24, 2.45) is 5.92 Å². The van der Waals surface area contributed by atoms with E-state index in [1.165, 1.54) is 18.2 Å². The lowest BCUT2D eigenvalue weighted by molar-refractivity contribution is -0.605. The van der Waals surface area contributed by atoms with E-state index >= 15 is 0 Å². The molecule has 1 aliphatic rings. The van der Waals surface area contributed by atoms with Crippen molar-refractivity contribution in [3.63, 3.8) is 0 Å². The fourth-order valence-corrected chi connectivity index (χ4v) is 4.24. The number of nitrogens with zero attached hydrogens (tertiary/aromatic N) is 1. The highest BCUT2D eigenvalue weighted by Gasteiger charge is 2.26. The number of halogens is 4. The monoisotopic (exact) mass is 567 g/mol. The van der Waals surface area contributed by atoms with Crippen molar-refractivity contribution in [2.75, 3.05) is 12.3 Å². The number of rotatable bonds is 11. The van der Waals surface area contributed by atoms with E-state index in [1.807, 2.05) is 0 Å². The molecule has 38 heavy (non-hydrogen) atoms. The number of pyridine rings is 1. The van der Waals surface area contributed by atoms with Crippen LogP contribution in [0.2, 0.25) is 10.0 Å². The highest BCUT2D eigenvalue weighted by Crippen LogP contribution is 2.37. The molecule has 0 aliphatic heterocycles. The Kier molecular flexibility index (Phi) is 8.96. The third-order valence-electron chi connectivity index (χ3n) is 5.84. The molecule has 1 amide bonds. The quantitative estimate of drug-likeness (QED) is 0.172. The maximum Gasteiger partial charge on any atom is 0.408 e. The van der Waals surface area contributed by atoms with E-state index in [1.54, 1.807) is 24.3 Å². The largest absolute Gasteiger partial charge is 0.619 e. The average molecular weight is 568 g/mol. The molecular weight excluding hydrogens is 543 g/mol. The molecule has 1 heterocycles. The molecule has 1 unspecified atom stereocenters. The number of nitrogen functional groups attached to an aromatic ring is 1. The molecule has 0 bridgehead atoms. The zero-order valence-electron chi connectivity index (χ0n) is 20.0. The molecule has 12 heteroatoms. The van der Waals surface area contributed by atoms with E-state index in [2.05, 4.69) is 10.1 Å². The lowest BCUT2D eigenvalue weighted by Crippen LogP contribution is -2.27. The summed E-state index contributed by atoms with van der Waals surface area (Å²) in [4.78, 5) is 12.8. The summed E-state index contributed by atoms with van der Waals surface area (Å²) in [6, 6.07) is 11.2. The Hall–Kier alpha value is -3.50. The minimum atomic E-state index is -3.05. The zero-order valence-corrected chi connectivity index (χ0v) is 21.6. The van der Waals surface area contributed by atoms with Crippen molar-refractivity contribution in [1.29, 1.82) is 0 Å². The first-order chi connectivity index (χ1) is 18.2. The molecule has 4 rings (SSSR count). The fraction of sp³-hybridized carbons (Fsp3) is 0.308. The molecule has 0 spiro atoms. The van der Waals surface area contributed by atoms with Gasteiger partial charge in [0.15, 0.2) is 23.9 Å². The van der Waals surface area contributed by atoms with E-state index in [0.717, 1.165) is 30.8 Å². The first kappa shape index (κ1) is 27.5. The van der Waals surface area contributed by atoms with E-state index in [4.69, 9.17) is 38.4 Å². The Labute approximate surface area is 227 Å². The van der Waals surface area contributed by atoms with Crippen molar-refractivity contribution < 1.29 is 32.5 Å². The van der Waals surface area contributed by atoms with E-state index in [0.29, 0.717) is 34.1 Å². The van der Waals surface area contributed by atoms with Gasteiger partial charge in [-0.2, -0.15) is 13.5 Å². The van der Waals surface area contributed by atoms with Crippen molar-refractivity contribution in [3.8, 4) is 11.5 Å². The van der Waals surface area contributed by atoms with Crippen molar-refractivity contribution in [3.05, 3.63) is 86.8 Å². The predicted molar refractivity (Wildman–Crippen MR) is 137 cm³/mol. The van der Waals surface area contributed by atoms with Gasteiger partial charge in [-0.25, -0.2) is 4.79 Å². The molecule has 1 aromatic heterocycles. The Balaban J connectivity index is 1.59. The summed E-state index contributed by atoms with van der Waals surface area (Å²) in [6.45, 7) is -2.53. The van der Waals surface area contributed by atoms with Crippen LogP contribution in [0.4, 0.5) is 19.3 Å². The Morgan fingerprint density at radius 3 is 2.42 bits per heavy atom. The van der Waals surface area contributed by atoms with Crippen LogP contribution in [0.5, 0.6) is 11.5 Å². The molecular formula is C26H25Cl2F2N3O5. The van der Waals surface area contributed by atoms with Crippen molar-refractivity contribution in [1.82, 2.24) is 5.32 Å². The van der Waals surface area contributed by atoms with Crippen LogP contribution in [0, 0.1) is 11.1 Å². The van der Waals surface area contributed by atoms with Gasteiger partial charge in [0, 0.05) is 24.2 Å². The predicted octanol–water partition coefficient (Wildman–Crippen LogP) is 5.81. The van der Waals surface area contributed by atoms with Crippen LogP contribution in [-0.2, 0) is 17.7 Å². The number of hydrogen-bond acceptors (Lipinski definition) is 6. The lowest BCUT2D eigenvalue weighted by Gasteiger charge is -2.21. The fourth-order valence-electron chi connectivity index (χ4n) is 3.64. The molecule has 1 saturated carbocycles. The number of alkyl carbamates (subject to hydrolysis) is 1. The molecule has 2 aromatic carbocycles. The summed E-state index contributed by atoms with van der Waals surface area (Å²) in [5, 5.41) is 14.5. The van der Waals surface area contributed by atoms with Gasteiger partial charge in [-0.05, 0) is 54.2 Å². The van der Waals surface area contributed by atoms with Gasteiger partial charge in [0.25, 0.3) is 0 Å². The summed E-state index contributed by atoms with van der Waals surface area (Å²) >= 11 is 12.5. The molecule has 8 nitrogen and oxygen atoms in total. The van der Waals surface area contributed by atoms with Gasteiger partial charge in [0.05, 0.1) is 6.61 Å². The van der Waals surface area contributed by atoms with Crippen LogP contribution in [0.15, 0.2) is 54.9 Å². The second-order valence-electron chi connectivity index (χ2n) is 8.82. The smallest absolute Gasteiger partial charge is 0.408 e.